The van der Waals surface area contributed by atoms with Crippen LogP contribution < -0.4 is 0 Å². The molecule has 0 fully saturated rings. The van der Waals surface area contributed by atoms with Crippen molar-refractivity contribution in [3.8, 4) is 0 Å². The SMILES string of the molecule is CCCC1CCc2nc3sc(Br)nn3c2C1. The molecule has 0 saturated carbocycles. The molecule has 1 aliphatic carbocycles. The Balaban J connectivity index is 2.00. The zero-order chi connectivity index (χ0) is 11.1. The van der Waals surface area contributed by atoms with Gasteiger partial charge < -0.3 is 0 Å². The van der Waals surface area contributed by atoms with E-state index in [1.807, 2.05) is 4.52 Å². The van der Waals surface area contributed by atoms with Gasteiger partial charge >= 0.3 is 0 Å². The van der Waals surface area contributed by atoms with Crippen molar-refractivity contribution in [3.05, 3.63) is 15.3 Å². The molecule has 0 N–H and O–H groups in total. The van der Waals surface area contributed by atoms with E-state index in [4.69, 9.17) is 0 Å². The van der Waals surface area contributed by atoms with E-state index in [9.17, 15) is 0 Å². The van der Waals surface area contributed by atoms with E-state index in [1.54, 1.807) is 11.3 Å². The number of hydrogen-bond acceptors (Lipinski definition) is 3. The molecule has 2 heterocycles. The summed E-state index contributed by atoms with van der Waals surface area (Å²) in [7, 11) is 0. The molecule has 1 unspecified atom stereocenters. The van der Waals surface area contributed by atoms with Crippen molar-refractivity contribution >= 4 is 32.2 Å². The summed E-state index contributed by atoms with van der Waals surface area (Å²) in [6.45, 7) is 2.26. The summed E-state index contributed by atoms with van der Waals surface area (Å²) in [4.78, 5) is 5.69. The average Bonchev–Trinajstić information content (AvgIpc) is 2.75. The van der Waals surface area contributed by atoms with Crippen LogP contribution in [0.25, 0.3) is 4.96 Å². The van der Waals surface area contributed by atoms with E-state index < -0.39 is 0 Å². The smallest absolute Gasteiger partial charge is 0.213 e. The first-order valence-corrected chi connectivity index (χ1v) is 7.41. The number of hydrogen-bond donors (Lipinski definition) is 0. The van der Waals surface area contributed by atoms with Crippen molar-refractivity contribution in [3.63, 3.8) is 0 Å². The molecular weight excluding hydrogens is 286 g/mol. The Morgan fingerprint density at radius 3 is 3.25 bits per heavy atom. The summed E-state index contributed by atoms with van der Waals surface area (Å²) in [5.41, 5.74) is 2.63. The molecule has 2 aromatic rings. The van der Waals surface area contributed by atoms with Crippen LogP contribution in [0, 0.1) is 5.92 Å². The number of aryl methyl sites for hydroxylation is 1. The van der Waals surface area contributed by atoms with Gasteiger partial charge in [0.2, 0.25) is 4.96 Å². The third-order valence-electron chi connectivity index (χ3n) is 3.32. The minimum atomic E-state index is 0.831. The second-order valence-electron chi connectivity index (χ2n) is 4.45. The van der Waals surface area contributed by atoms with Crippen LogP contribution in [-0.2, 0) is 12.8 Å². The molecule has 0 spiro atoms. The van der Waals surface area contributed by atoms with Crippen LogP contribution >= 0.6 is 27.3 Å². The van der Waals surface area contributed by atoms with Gasteiger partial charge in [-0.05, 0) is 41.1 Å². The highest BCUT2D eigenvalue weighted by atomic mass is 79.9. The Hall–Kier alpha value is -0.420. The number of nitrogens with zero attached hydrogens (tertiary/aromatic N) is 3. The Kier molecular flexibility index (Phi) is 2.75. The van der Waals surface area contributed by atoms with Crippen LogP contribution in [0.1, 0.15) is 37.6 Å². The zero-order valence-electron chi connectivity index (χ0n) is 9.24. The average molecular weight is 300 g/mol. The molecule has 0 aliphatic heterocycles. The minimum absolute atomic E-state index is 0.831. The maximum absolute atomic E-state index is 4.66. The van der Waals surface area contributed by atoms with Gasteiger partial charge in [0.05, 0.1) is 11.4 Å². The first kappa shape index (κ1) is 10.7. The first-order chi connectivity index (χ1) is 7.78. The van der Waals surface area contributed by atoms with Crippen molar-refractivity contribution in [2.24, 2.45) is 5.92 Å². The number of rotatable bonds is 2. The molecule has 86 valence electrons. The van der Waals surface area contributed by atoms with Crippen molar-refractivity contribution in [2.75, 3.05) is 0 Å². The van der Waals surface area contributed by atoms with E-state index in [0.29, 0.717) is 0 Å². The van der Waals surface area contributed by atoms with Gasteiger partial charge in [-0.25, -0.2) is 9.50 Å². The summed E-state index contributed by atoms with van der Waals surface area (Å²) in [5.74, 6) is 0.831. The van der Waals surface area contributed by atoms with Crippen molar-refractivity contribution in [2.45, 2.75) is 39.0 Å². The molecule has 5 heteroatoms. The number of halogens is 1. The van der Waals surface area contributed by atoms with E-state index in [2.05, 4.69) is 32.9 Å². The highest BCUT2D eigenvalue weighted by Crippen LogP contribution is 2.31. The summed E-state index contributed by atoms with van der Waals surface area (Å²) < 4.78 is 2.96. The van der Waals surface area contributed by atoms with E-state index in [1.165, 1.54) is 30.7 Å². The fourth-order valence-corrected chi connectivity index (χ4v) is 3.84. The normalized spacial score (nSPS) is 20.2. The lowest BCUT2D eigenvalue weighted by atomic mass is 9.87. The maximum Gasteiger partial charge on any atom is 0.213 e. The molecule has 0 radical (unpaired) electrons. The molecule has 0 aromatic carbocycles. The summed E-state index contributed by atoms with van der Waals surface area (Å²) in [6, 6.07) is 0. The Labute approximate surface area is 107 Å². The van der Waals surface area contributed by atoms with E-state index >= 15 is 0 Å². The molecule has 0 saturated heterocycles. The van der Waals surface area contributed by atoms with E-state index in [0.717, 1.165) is 27.6 Å². The van der Waals surface area contributed by atoms with Crippen molar-refractivity contribution in [1.29, 1.82) is 0 Å². The Bertz CT molecular complexity index is 516. The predicted molar refractivity (Wildman–Crippen MR) is 69.0 cm³/mol. The van der Waals surface area contributed by atoms with Gasteiger partial charge in [0.25, 0.3) is 0 Å². The van der Waals surface area contributed by atoms with Crippen LogP contribution in [0.15, 0.2) is 3.92 Å². The summed E-state index contributed by atoms with van der Waals surface area (Å²) >= 11 is 5.04. The molecule has 0 amide bonds. The highest BCUT2D eigenvalue weighted by Gasteiger charge is 2.24. The molecule has 3 nitrogen and oxygen atoms in total. The number of imidazole rings is 1. The van der Waals surface area contributed by atoms with Crippen LogP contribution in [0.3, 0.4) is 0 Å². The number of fused-ring (bicyclic) bond motifs is 3. The fraction of sp³-hybridized carbons (Fsp3) is 0.636. The quantitative estimate of drug-likeness (QED) is 0.850. The van der Waals surface area contributed by atoms with Crippen LogP contribution in [0.2, 0.25) is 0 Å². The second kappa shape index (κ2) is 4.11. The fourth-order valence-electron chi connectivity index (χ4n) is 2.58. The monoisotopic (exact) mass is 299 g/mol. The van der Waals surface area contributed by atoms with Gasteiger partial charge in [-0.1, -0.05) is 31.1 Å². The van der Waals surface area contributed by atoms with Gasteiger partial charge in [0.15, 0.2) is 3.92 Å². The lowest BCUT2D eigenvalue weighted by Crippen LogP contribution is -2.15. The van der Waals surface area contributed by atoms with E-state index in [-0.39, 0.29) is 0 Å². The van der Waals surface area contributed by atoms with Crippen molar-refractivity contribution < 1.29 is 0 Å². The van der Waals surface area contributed by atoms with Gasteiger partial charge in [-0.2, -0.15) is 0 Å². The Morgan fingerprint density at radius 2 is 2.44 bits per heavy atom. The molecule has 1 aliphatic rings. The largest absolute Gasteiger partial charge is 0.222 e. The third-order valence-corrected chi connectivity index (χ3v) is 4.66. The van der Waals surface area contributed by atoms with Gasteiger partial charge in [-0.15, -0.1) is 5.10 Å². The lowest BCUT2D eigenvalue weighted by Gasteiger charge is -2.20. The molecular formula is C11H14BrN3S. The number of aromatic nitrogens is 3. The molecule has 2 aromatic heterocycles. The predicted octanol–water partition coefficient (Wildman–Crippen LogP) is 3.46. The standard InChI is InChI=1S/C11H14BrN3S/c1-2-3-7-4-5-8-9(6-7)15-11(13-8)16-10(12)14-15/h7H,2-6H2,1H3. The third kappa shape index (κ3) is 1.70. The summed E-state index contributed by atoms with van der Waals surface area (Å²) in [5, 5.41) is 4.47. The first-order valence-electron chi connectivity index (χ1n) is 5.80. The molecule has 1 atom stereocenters. The highest BCUT2D eigenvalue weighted by molar-refractivity contribution is 9.11. The molecule has 3 rings (SSSR count). The van der Waals surface area contributed by atoms with Crippen LogP contribution in [0.4, 0.5) is 0 Å². The Morgan fingerprint density at radius 1 is 1.56 bits per heavy atom. The topological polar surface area (TPSA) is 30.2 Å². The minimum Gasteiger partial charge on any atom is -0.222 e. The van der Waals surface area contributed by atoms with Crippen LogP contribution in [0.5, 0.6) is 0 Å². The van der Waals surface area contributed by atoms with Crippen LogP contribution in [-0.4, -0.2) is 14.6 Å². The molecule has 0 bridgehead atoms. The van der Waals surface area contributed by atoms with Crippen molar-refractivity contribution in [1.82, 2.24) is 14.6 Å². The van der Waals surface area contributed by atoms with Gasteiger partial charge in [-0.3, -0.25) is 0 Å². The second-order valence-corrected chi connectivity index (χ2v) is 6.68. The maximum atomic E-state index is 4.66. The lowest BCUT2D eigenvalue weighted by molar-refractivity contribution is 0.412. The zero-order valence-corrected chi connectivity index (χ0v) is 11.6. The summed E-state index contributed by atoms with van der Waals surface area (Å²) in [6.07, 6.45) is 6.20. The van der Waals surface area contributed by atoms with Gasteiger partial charge in [0.1, 0.15) is 0 Å². The molecule has 16 heavy (non-hydrogen) atoms. The van der Waals surface area contributed by atoms with Gasteiger partial charge in [0, 0.05) is 0 Å².